The highest BCUT2D eigenvalue weighted by Crippen LogP contribution is 2.46. The fourth-order valence-electron chi connectivity index (χ4n) is 3.72. The first-order valence-corrected chi connectivity index (χ1v) is 10.2. The van der Waals surface area contributed by atoms with Crippen LogP contribution in [0.1, 0.15) is 34.0 Å². The van der Waals surface area contributed by atoms with E-state index in [9.17, 15) is 9.59 Å². The van der Waals surface area contributed by atoms with Gasteiger partial charge in [0.15, 0.2) is 5.54 Å². The normalized spacial score (nSPS) is 17.4. The van der Waals surface area contributed by atoms with E-state index in [1.165, 1.54) is 0 Å². The summed E-state index contributed by atoms with van der Waals surface area (Å²) in [6, 6.07) is 18.9. The molecule has 0 aromatic heterocycles. The molecule has 0 spiro atoms. The molecule has 6 nitrogen and oxygen atoms in total. The minimum absolute atomic E-state index is 0.332. The molecule has 0 aliphatic carbocycles. The number of fused-ring (bicyclic) bond motifs is 1. The molecule has 158 valence electrons. The van der Waals surface area contributed by atoms with Crippen LogP contribution in [0.15, 0.2) is 66.7 Å². The van der Waals surface area contributed by atoms with Gasteiger partial charge in [0.25, 0.3) is 5.91 Å². The molecule has 1 aliphatic heterocycles. The van der Waals surface area contributed by atoms with Gasteiger partial charge in [-0.3, -0.25) is 4.79 Å². The van der Waals surface area contributed by atoms with Crippen molar-refractivity contribution in [1.29, 1.82) is 0 Å². The first kappa shape index (κ1) is 20.9. The van der Waals surface area contributed by atoms with Crippen LogP contribution in [0.3, 0.4) is 0 Å². The van der Waals surface area contributed by atoms with E-state index in [4.69, 9.17) is 26.9 Å². The highest BCUT2D eigenvalue weighted by Gasteiger charge is 2.52. The first-order chi connectivity index (χ1) is 14.9. The van der Waals surface area contributed by atoms with Crippen LogP contribution in [0.25, 0.3) is 0 Å². The second-order valence-corrected chi connectivity index (χ2v) is 7.60. The van der Waals surface area contributed by atoms with E-state index >= 15 is 0 Å². The topological polar surface area (TPSA) is 81.9 Å². The number of nitrogens with zero attached hydrogens (tertiary/aromatic N) is 1. The van der Waals surface area contributed by atoms with E-state index in [0.29, 0.717) is 39.8 Å². The molecule has 0 saturated heterocycles. The van der Waals surface area contributed by atoms with E-state index in [2.05, 4.69) is 0 Å². The standard InChI is InChI=1S/C24H21ClN2O4/c1-3-30-16-12-13-21-19(14-16)24(26,18-10-6-7-11-20(18)25)23(29)27(21)31-22(28)17-9-5-4-8-15(17)2/h4-14H,3,26H2,1-2H3. The zero-order chi connectivity index (χ0) is 22.2. The summed E-state index contributed by atoms with van der Waals surface area (Å²) in [5.41, 5.74) is 7.36. The van der Waals surface area contributed by atoms with Gasteiger partial charge in [0, 0.05) is 16.1 Å². The van der Waals surface area contributed by atoms with E-state index in [-0.39, 0.29) is 0 Å². The number of nitrogens with two attached hydrogens (primary N) is 1. The number of hydrogen-bond donors (Lipinski definition) is 1. The Morgan fingerprint density at radius 2 is 1.77 bits per heavy atom. The van der Waals surface area contributed by atoms with Gasteiger partial charge < -0.3 is 15.3 Å². The molecule has 0 fully saturated rings. The summed E-state index contributed by atoms with van der Waals surface area (Å²) in [5, 5.41) is 1.28. The minimum atomic E-state index is -1.65. The average Bonchev–Trinajstić information content (AvgIpc) is 2.97. The molecular formula is C24H21ClN2O4. The summed E-state index contributed by atoms with van der Waals surface area (Å²) in [6.07, 6.45) is 0. The van der Waals surface area contributed by atoms with Gasteiger partial charge in [-0.2, -0.15) is 0 Å². The summed E-state index contributed by atoms with van der Waals surface area (Å²) in [4.78, 5) is 32.0. The molecule has 3 aromatic rings. The predicted molar refractivity (Wildman–Crippen MR) is 118 cm³/mol. The molecule has 2 N–H and O–H groups in total. The number of halogens is 1. The molecule has 4 rings (SSSR count). The molecule has 0 bridgehead atoms. The summed E-state index contributed by atoms with van der Waals surface area (Å²) >= 11 is 6.41. The van der Waals surface area contributed by atoms with Gasteiger partial charge in [0.05, 0.1) is 17.9 Å². The van der Waals surface area contributed by atoms with Crippen LogP contribution in [0.5, 0.6) is 5.75 Å². The zero-order valence-corrected chi connectivity index (χ0v) is 17.8. The second kappa shape index (κ2) is 8.06. The maximum Gasteiger partial charge on any atom is 0.364 e. The van der Waals surface area contributed by atoms with Crippen LogP contribution in [0.2, 0.25) is 5.02 Å². The van der Waals surface area contributed by atoms with Gasteiger partial charge in [-0.15, -0.1) is 5.06 Å². The van der Waals surface area contributed by atoms with Gasteiger partial charge in [0.2, 0.25) is 0 Å². The lowest BCUT2D eigenvalue weighted by Crippen LogP contribution is -2.48. The molecule has 7 heteroatoms. The smallest absolute Gasteiger partial charge is 0.364 e. The quantitative estimate of drug-likeness (QED) is 0.642. The van der Waals surface area contributed by atoms with Gasteiger partial charge in [-0.1, -0.05) is 48.0 Å². The third-order valence-electron chi connectivity index (χ3n) is 5.28. The predicted octanol–water partition coefficient (Wildman–Crippen LogP) is 4.37. The highest BCUT2D eigenvalue weighted by atomic mass is 35.5. The molecule has 1 atom stereocenters. The van der Waals surface area contributed by atoms with Crippen molar-refractivity contribution in [3.8, 4) is 5.75 Å². The molecule has 1 amide bonds. The highest BCUT2D eigenvalue weighted by molar-refractivity contribution is 6.32. The zero-order valence-electron chi connectivity index (χ0n) is 17.1. The summed E-state index contributed by atoms with van der Waals surface area (Å²) in [7, 11) is 0. The molecule has 1 heterocycles. The lowest BCUT2D eigenvalue weighted by molar-refractivity contribution is -0.127. The molecule has 3 aromatic carbocycles. The minimum Gasteiger partial charge on any atom is -0.494 e. The van der Waals surface area contributed by atoms with Crippen molar-refractivity contribution < 1.29 is 19.2 Å². The van der Waals surface area contributed by atoms with Crippen molar-refractivity contribution in [2.75, 3.05) is 11.7 Å². The number of carbonyl (C=O) groups is 2. The van der Waals surface area contributed by atoms with Crippen LogP contribution in [0, 0.1) is 6.92 Å². The molecule has 31 heavy (non-hydrogen) atoms. The van der Waals surface area contributed by atoms with Gasteiger partial charge >= 0.3 is 5.97 Å². The number of carbonyl (C=O) groups excluding carboxylic acids is 2. The Morgan fingerprint density at radius 1 is 1.06 bits per heavy atom. The Bertz CT molecular complexity index is 1180. The lowest BCUT2D eigenvalue weighted by Gasteiger charge is -2.25. The van der Waals surface area contributed by atoms with Gasteiger partial charge in [-0.05, 0) is 49.7 Å². The Hall–Kier alpha value is -3.35. The third-order valence-corrected chi connectivity index (χ3v) is 5.61. The number of rotatable bonds is 5. The summed E-state index contributed by atoms with van der Waals surface area (Å²) in [5.74, 6) is -0.733. The third kappa shape index (κ3) is 3.44. The van der Waals surface area contributed by atoms with Crippen LogP contribution in [-0.2, 0) is 15.2 Å². The average molecular weight is 437 g/mol. The lowest BCUT2D eigenvalue weighted by atomic mass is 9.85. The SMILES string of the molecule is CCOc1ccc2c(c1)C(N)(c1ccccc1Cl)C(=O)N2OC(=O)c1ccccc1C. The van der Waals surface area contributed by atoms with E-state index < -0.39 is 17.4 Å². The largest absolute Gasteiger partial charge is 0.494 e. The van der Waals surface area contributed by atoms with Crippen molar-refractivity contribution in [3.05, 3.63) is 94.0 Å². The number of aryl methyl sites for hydroxylation is 1. The van der Waals surface area contributed by atoms with Crippen LogP contribution < -0.4 is 15.5 Å². The van der Waals surface area contributed by atoms with E-state index in [1.54, 1.807) is 67.6 Å². The number of benzene rings is 3. The Balaban J connectivity index is 1.82. The van der Waals surface area contributed by atoms with Gasteiger partial charge in [0.1, 0.15) is 5.75 Å². The number of anilines is 1. The number of amides is 1. The number of hydroxylamine groups is 1. The fourth-order valence-corrected chi connectivity index (χ4v) is 4.00. The maximum atomic E-state index is 13.6. The van der Waals surface area contributed by atoms with Gasteiger partial charge in [-0.25, -0.2) is 4.79 Å². The molecule has 0 saturated carbocycles. The van der Waals surface area contributed by atoms with Crippen molar-refractivity contribution in [3.63, 3.8) is 0 Å². The number of hydrogen-bond acceptors (Lipinski definition) is 5. The summed E-state index contributed by atoms with van der Waals surface area (Å²) < 4.78 is 5.60. The van der Waals surface area contributed by atoms with Crippen LogP contribution in [0.4, 0.5) is 5.69 Å². The molecule has 1 unspecified atom stereocenters. The maximum absolute atomic E-state index is 13.6. The fraction of sp³-hybridized carbons (Fsp3) is 0.167. The first-order valence-electron chi connectivity index (χ1n) is 9.81. The summed E-state index contributed by atoms with van der Waals surface area (Å²) in [6.45, 7) is 4.10. The Kier molecular flexibility index (Phi) is 5.43. The van der Waals surface area contributed by atoms with Crippen molar-refractivity contribution >= 4 is 29.2 Å². The molecule has 1 aliphatic rings. The Labute approximate surface area is 185 Å². The molecular weight excluding hydrogens is 416 g/mol. The Morgan fingerprint density at radius 3 is 2.48 bits per heavy atom. The van der Waals surface area contributed by atoms with E-state index in [0.717, 1.165) is 10.6 Å². The second-order valence-electron chi connectivity index (χ2n) is 7.19. The molecule has 0 radical (unpaired) electrons. The van der Waals surface area contributed by atoms with Crippen molar-refractivity contribution in [2.45, 2.75) is 19.4 Å². The van der Waals surface area contributed by atoms with Crippen LogP contribution in [-0.4, -0.2) is 18.5 Å². The van der Waals surface area contributed by atoms with Crippen molar-refractivity contribution in [2.24, 2.45) is 5.73 Å². The van der Waals surface area contributed by atoms with Crippen molar-refractivity contribution in [1.82, 2.24) is 0 Å². The monoisotopic (exact) mass is 436 g/mol. The van der Waals surface area contributed by atoms with Crippen LogP contribution >= 0.6 is 11.6 Å². The van der Waals surface area contributed by atoms with E-state index in [1.807, 2.05) is 13.0 Å². The number of ether oxygens (including phenoxy) is 1.